The molecule has 0 radical (unpaired) electrons. The smallest absolute Gasteiger partial charge is 0.330 e. The highest BCUT2D eigenvalue weighted by Crippen LogP contribution is 2.32. The van der Waals surface area contributed by atoms with Crippen molar-refractivity contribution >= 4 is 18.3 Å². The quantitative estimate of drug-likeness (QED) is 0.827. The number of rotatable bonds is 4. The number of carbonyl (C=O) groups excluding carboxylic acids is 1. The molecule has 2 aliphatic rings. The molecular formula is C18H20ClF3N4O. The van der Waals surface area contributed by atoms with E-state index in [0.717, 1.165) is 49.2 Å². The SMILES string of the molecule is Cl.O=C(c1n[nH]c2c1CNCC2)N(Cc1ccc(C(F)(F)F)cc1)C1CC1. The first-order valence-corrected chi connectivity index (χ1v) is 8.67. The van der Waals surface area contributed by atoms with Crippen molar-refractivity contribution in [3.63, 3.8) is 0 Å². The molecule has 9 heteroatoms. The number of amides is 1. The van der Waals surface area contributed by atoms with Crippen LogP contribution in [0.25, 0.3) is 0 Å². The zero-order chi connectivity index (χ0) is 18.3. The van der Waals surface area contributed by atoms with Gasteiger partial charge in [0.1, 0.15) is 0 Å². The number of hydrogen-bond acceptors (Lipinski definition) is 3. The number of fused-ring (bicyclic) bond motifs is 1. The molecule has 0 spiro atoms. The lowest BCUT2D eigenvalue weighted by Crippen LogP contribution is -2.34. The largest absolute Gasteiger partial charge is 0.416 e. The van der Waals surface area contributed by atoms with E-state index >= 15 is 0 Å². The van der Waals surface area contributed by atoms with Gasteiger partial charge >= 0.3 is 6.18 Å². The standard InChI is InChI=1S/C18H19F3N4O.ClH/c19-18(20,21)12-3-1-11(2-4-12)10-25(13-5-6-13)17(26)16-14-9-22-8-7-15(14)23-24-16;/h1-4,13,22H,5-10H2,(H,23,24);1H. The number of halogens is 4. The molecule has 5 nitrogen and oxygen atoms in total. The highest BCUT2D eigenvalue weighted by molar-refractivity contribution is 5.94. The molecule has 2 heterocycles. The van der Waals surface area contributed by atoms with Crippen molar-refractivity contribution in [3.05, 3.63) is 52.3 Å². The van der Waals surface area contributed by atoms with Gasteiger partial charge in [-0.15, -0.1) is 12.4 Å². The van der Waals surface area contributed by atoms with Crippen LogP contribution in [-0.2, 0) is 25.7 Å². The fourth-order valence-electron chi connectivity index (χ4n) is 3.29. The molecule has 0 unspecified atom stereocenters. The van der Waals surface area contributed by atoms with Gasteiger partial charge in [-0.1, -0.05) is 12.1 Å². The second-order valence-corrected chi connectivity index (χ2v) is 6.82. The van der Waals surface area contributed by atoms with Crippen molar-refractivity contribution in [1.82, 2.24) is 20.4 Å². The highest BCUT2D eigenvalue weighted by Gasteiger charge is 2.36. The van der Waals surface area contributed by atoms with Gasteiger partial charge in [0.2, 0.25) is 0 Å². The molecule has 0 bridgehead atoms. The molecule has 2 N–H and O–H groups in total. The predicted octanol–water partition coefficient (Wildman–Crippen LogP) is 3.30. The minimum Gasteiger partial charge on any atom is -0.330 e. The summed E-state index contributed by atoms with van der Waals surface area (Å²) in [6.45, 7) is 1.74. The van der Waals surface area contributed by atoms with E-state index in [1.165, 1.54) is 12.1 Å². The Labute approximate surface area is 160 Å². The normalized spacial score (nSPS) is 16.4. The first kappa shape index (κ1) is 19.7. The summed E-state index contributed by atoms with van der Waals surface area (Å²) in [4.78, 5) is 14.8. The van der Waals surface area contributed by atoms with Crippen LogP contribution in [0.15, 0.2) is 24.3 Å². The van der Waals surface area contributed by atoms with Gasteiger partial charge in [0, 0.05) is 43.4 Å². The number of aromatic amines is 1. The fraction of sp³-hybridized carbons (Fsp3) is 0.444. The van der Waals surface area contributed by atoms with Gasteiger partial charge in [0.15, 0.2) is 5.69 Å². The number of nitrogens with one attached hydrogen (secondary N) is 2. The number of H-pyrrole nitrogens is 1. The third-order valence-corrected chi connectivity index (χ3v) is 4.89. The van der Waals surface area contributed by atoms with Crippen molar-refractivity contribution in [1.29, 1.82) is 0 Å². The Morgan fingerprint density at radius 1 is 1.22 bits per heavy atom. The van der Waals surface area contributed by atoms with Gasteiger partial charge in [0.05, 0.1) is 5.56 Å². The van der Waals surface area contributed by atoms with Gasteiger partial charge in [-0.3, -0.25) is 9.89 Å². The van der Waals surface area contributed by atoms with Crippen molar-refractivity contribution < 1.29 is 18.0 Å². The van der Waals surface area contributed by atoms with E-state index in [1.54, 1.807) is 4.90 Å². The Balaban J connectivity index is 0.00000210. The zero-order valence-electron chi connectivity index (χ0n) is 14.5. The average Bonchev–Trinajstić information content (AvgIpc) is 3.37. The molecular weight excluding hydrogens is 381 g/mol. The Morgan fingerprint density at radius 3 is 2.56 bits per heavy atom. The topological polar surface area (TPSA) is 61.0 Å². The highest BCUT2D eigenvalue weighted by atomic mass is 35.5. The summed E-state index contributed by atoms with van der Waals surface area (Å²) in [5, 5.41) is 10.4. The summed E-state index contributed by atoms with van der Waals surface area (Å²) in [5.41, 5.74) is 2.31. The maximum Gasteiger partial charge on any atom is 0.416 e. The van der Waals surface area contributed by atoms with E-state index in [9.17, 15) is 18.0 Å². The van der Waals surface area contributed by atoms with Crippen molar-refractivity contribution in [2.45, 2.75) is 44.6 Å². The summed E-state index contributed by atoms with van der Waals surface area (Å²) in [5.74, 6) is -0.159. The van der Waals surface area contributed by atoms with Crippen molar-refractivity contribution in [2.75, 3.05) is 6.54 Å². The maximum atomic E-state index is 13.0. The Hall–Kier alpha value is -2.06. The van der Waals surface area contributed by atoms with Gasteiger partial charge in [-0.05, 0) is 30.5 Å². The molecule has 2 aromatic rings. The Morgan fingerprint density at radius 2 is 1.93 bits per heavy atom. The number of hydrogen-bond donors (Lipinski definition) is 2. The molecule has 1 aromatic carbocycles. The summed E-state index contributed by atoms with van der Waals surface area (Å²) in [6, 6.07) is 5.13. The molecule has 1 saturated carbocycles. The lowest BCUT2D eigenvalue weighted by molar-refractivity contribution is -0.137. The molecule has 4 rings (SSSR count). The first-order valence-electron chi connectivity index (χ1n) is 8.67. The molecule has 0 atom stereocenters. The molecule has 0 saturated heterocycles. The van der Waals surface area contributed by atoms with E-state index in [2.05, 4.69) is 15.5 Å². The van der Waals surface area contributed by atoms with Crippen LogP contribution in [0.5, 0.6) is 0 Å². The van der Waals surface area contributed by atoms with E-state index in [1.807, 2.05) is 0 Å². The second-order valence-electron chi connectivity index (χ2n) is 6.82. The van der Waals surface area contributed by atoms with Crippen molar-refractivity contribution in [3.8, 4) is 0 Å². The molecule has 1 aromatic heterocycles. The van der Waals surface area contributed by atoms with Crippen LogP contribution in [0.1, 0.15) is 45.7 Å². The minimum absolute atomic E-state index is 0. The van der Waals surface area contributed by atoms with Gasteiger partial charge in [0.25, 0.3) is 5.91 Å². The van der Waals surface area contributed by atoms with E-state index in [0.29, 0.717) is 17.8 Å². The predicted molar refractivity (Wildman–Crippen MR) is 95.6 cm³/mol. The molecule has 1 fully saturated rings. The fourth-order valence-corrected chi connectivity index (χ4v) is 3.29. The van der Waals surface area contributed by atoms with Crippen LogP contribution >= 0.6 is 12.4 Å². The summed E-state index contributed by atoms with van der Waals surface area (Å²) < 4.78 is 38.1. The second kappa shape index (κ2) is 7.52. The van der Waals surface area contributed by atoms with Gasteiger partial charge < -0.3 is 10.2 Å². The van der Waals surface area contributed by atoms with Crippen LogP contribution in [0.2, 0.25) is 0 Å². The van der Waals surface area contributed by atoms with Gasteiger partial charge in [-0.2, -0.15) is 18.3 Å². The van der Waals surface area contributed by atoms with E-state index in [-0.39, 0.29) is 30.9 Å². The van der Waals surface area contributed by atoms with Gasteiger partial charge in [-0.25, -0.2) is 0 Å². The summed E-state index contributed by atoms with van der Waals surface area (Å²) in [7, 11) is 0. The monoisotopic (exact) mass is 400 g/mol. The lowest BCUT2D eigenvalue weighted by atomic mass is 10.1. The van der Waals surface area contributed by atoms with Crippen molar-refractivity contribution in [2.24, 2.45) is 0 Å². The Bertz CT molecular complexity index is 815. The summed E-state index contributed by atoms with van der Waals surface area (Å²) in [6.07, 6.45) is -1.72. The third-order valence-electron chi connectivity index (χ3n) is 4.89. The van der Waals surface area contributed by atoms with Crippen LogP contribution in [0, 0.1) is 0 Å². The minimum atomic E-state index is -4.36. The number of benzene rings is 1. The molecule has 1 aliphatic carbocycles. The van der Waals surface area contributed by atoms with Crippen LogP contribution in [0.4, 0.5) is 13.2 Å². The lowest BCUT2D eigenvalue weighted by Gasteiger charge is -2.23. The average molecular weight is 401 g/mol. The number of nitrogens with zero attached hydrogens (tertiary/aromatic N) is 2. The molecule has 146 valence electrons. The number of alkyl halides is 3. The van der Waals surface area contributed by atoms with E-state index < -0.39 is 11.7 Å². The number of carbonyl (C=O) groups is 1. The first-order chi connectivity index (χ1) is 12.4. The zero-order valence-corrected chi connectivity index (χ0v) is 15.3. The number of aromatic nitrogens is 2. The van der Waals surface area contributed by atoms with Crippen LogP contribution in [0.3, 0.4) is 0 Å². The third kappa shape index (κ3) is 4.11. The van der Waals surface area contributed by atoms with Crippen LogP contribution < -0.4 is 5.32 Å². The Kier molecular flexibility index (Phi) is 5.48. The van der Waals surface area contributed by atoms with E-state index in [4.69, 9.17) is 0 Å². The van der Waals surface area contributed by atoms with Crippen LogP contribution in [-0.4, -0.2) is 33.6 Å². The summed E-state index contributed by atoms with van der Waals surface area (Å²) >= 11 is 0. The molecule has 1 amide bonds. The molecule has 1 aliphatic heterocycles. The molecule has 27 heavy (non-hydrogen) atoms. The maximum absolute atomic E-state index is 13.0.